The van der Waals surface area contributed by atoms with E-state index in [2.05, 4.69) is 21.7 Å². The fourth-order valence-electron chi connectivity index (χ4n) is 2.14. The number of nitrogens with zero attached hydrogens (tertiary/aromatic N) is 1. The number of aliphatic hydroxyl groups is 1. The van der Waals surface area contributed by atoms with Gasteiger partial charge in [-0.25, -0.2) is 4.98 Å². The van der Waals surface area contributed by atoms with Crippen LogP contribution in [0, 0.1) is 6.92 Å². The molecule has 0 spiro atoms. The van der Waals surface area contributed by atoms with Gasteiger partial charge < -0.3 is 10.4 Å². The molecule has 0 aliphatic carbocycles. The number of aryl methyl sites for hydroxylation is 1. The van der Waals surface area contributed by atoms with Crippen LogP contribution in [0.4, 0.5) is 0 Å². The first-order valence-corrected chi connectivity index (χ1v) is 8.86. The summed E-state index contributed by atoms with van der Waals surface area (Å²) in [5, 5.41) is 16.6. The molecule has 2 N–H and O–H groups in total. The van der Waals surface area contributed by atoms with Crippen LogP contribution in [-0.4, -0.2) is 16.6 Å². The number of aromatic nitrogens is 1. The maximum absolute atomic E-state index is 10.2. The summed E-state index contributed by atoms with van der Waals surface area (Å²) >= 11 is 3.40. The molecule has 0 saturated heterocycles. The number of hydrogen-bond donors (Lipinski definition) is 2. The van der Waals surface area contributed by atoms with E-state index in [-0.39, 0.29) is 0 Å². The summed E-state index contributed by atoms with van der Waals surface area (Å²) in [7, 11) is 0. The molecule has 0 radical (unpaired) electrons. The molecule has 1 atom stereocenters. The Bertz CT molecular complexity index is 705. The molecule has 2 aromatic heterocycles. The Morgan fingerprint density at radius 1 is 1.23 bits per heavy atom. The van der Waals surface area contributed by atoms with Gasteiger partial charge in [-0.05, 0) is 23.9 Å². The van der Waals surface area contributed by atoms with Crippen molar-refractivity contribution in [3.05, 3.63) is 64.0 Å². The Morgan fingerprint density at radius 3 is 2.77 bits per heavy atom. The van der Waals surface area contributed by atoms with E-state index in [1.807, 2.05) is 43.5 Å². The van der Waals surface area contributed by atoms with Crippen LogP contribution in [-0.2, 0) is 6.54 Å². The summed E-state index contributed by atoms with van der Waals surface area (Å²) in [5.74, 6) is 0. The molecule has 2 heterocycles. The van der Waals surface area contributed by atoms with Crippen LogP contribution in [0.2, 0.25) is 0 Å². The molecule has 1 unspecified atom stereocenters. The summed E-state index contributed by atoms with van der Waals surface area (Å²) in [6.45, 7) is 3.31. The number of thiazole rings is 1. The summed E-state index contributed by atoms with van der Waals surface area (Å²) in [6.07, 6.45) is 1.43. The van der Waals surface area contributed by atoms with Gasteiger partial charge in [-0.15, -0.1) is 22.7 Å². The number of rotatable bonds is 6. The predicted octanol–water partition coefficient (Wildman–Crippen LogP) is 4.00. The second kappa shape index (κ2) is 7.15. The maximum atomic E-state index is 10.2. The van der Waals surface area contributed by atoms with E-state index in [1.54, 1.807) is 22.7 Å². The average molecular weight is 330 g/mol. The summed E-state index contributed by atoms with van der Waals surface area (Å²) in [6, 6.07) is 12.1. The van der Waals surface area contributed by atoms with Gasteiger partial charge in [0.1, 0.15) is 5.01 Å². The van der Waals surface area contributed by atoms with E-state index in [4.69, 9.17) is 0 Å². The van der Waals surface area contributed by atoms with Crippen molar-refractivity contribution in [2.24, 2.45) is 0 Å². The van der Waals surface area contributed by atoms with Gasteiger partial charge in [-0.2, -0.15) is 0 Å². The van der Waals surface area contributed by atoms with Crippen molar-refractivity contribution in [1.82, 2.24) is 10.3 Å². The summed E-state index contributed by atoms with van der Waals surface area (Å²) < 4.78 is 0. The number of benzene rings is 1. The van der Waals surface area contributed by atoms with E-state index in [0.29, 0.717) is 6.54 Å². The Morgan fingerprint density at radius 2 is 2.05 bits per heavy atom. The van der Waals surface area contributed by atoms with E-state index in [0.717, 1.165) is 17.1 Å². The van der Waals surface area contributed by atoms with Crippen LogP contribution >= 0.6 is 22.7 Å². The van der Waals surface area contributed by atoms with Crippen molar-refractivity contribution in [2.75, 3.05) is 6.54 Å². The Kier molecular flexibility index (Phi) is 5.00. The van der Waals surface area contributed by atoms with Crippen LogP contribution in [0.25, 0.3) is 9.88 Å². The van der Waals surface area contributed by atoms with Gasteiger partial charge in [0.2, 0.25) is 0 Å². The quantitative estimate of drug-likeness (QED) is 0.718. The van der Waals surface area contributed by atoms with Crippen molar-refractivity contribution >= 4 is 22.7 Å². The minimum absolute atomic E-state index is 0.481. The van der Waals surface area contributed by atoms with Gasteiger partial charge in [-0.3, -0.25) is 0 Å². The van der Waals surface area contributed by atoms with Crippen LogP contribution < -0.4 is 5.32 Å². The highest BCUT2D eigenvalue weighted by molar-refractivity contribution is 7.20. The third-order valence-electron chi connectivity index (χ3n) is 3.38. The first kappa shape index (κ1) is 15.4. The topological polar surface area (TPSA) is 45.1 Å². The van der Waals surface area contributed by atoms with Crippen LogP contribution in [0.3, 0.4) is 0 Å². The monoisotopic (exact) mass is 330 g/mol. The first-order chi connectivity index (χ1) is 10.7. The summed E-state index contributed by atoms with van der Waals surface area (Å²) in [4.78, 5) is 6.84. The van der Waals surface area contributed by atoms with E-state index < -0.39 is 6.10 Å². The fraction of sp³-hybridized carbons (Fsp3) is 0.235. The smallest absolute Gasteiger partial charge is 0.133 e. The normalized spacial score (nSPS) is 12.5. The molecule has 114 valence electrons. The molecule has 5 heteroatoms. The van der Waals surface area contributed by atoms with Crippen LogP contribution in [0.1, 0.15) is 22.1 Å². The van der Waals surface area contributed by atoms with Gasteiger partial charge in [0.15, 0.2) is 0 Å². The van der Waals surface area contributed by atoms with Crippen molar-refractivity contribution in [2.45, 2.75) is 19.6 Å². The zero-order valence-corrected chi connectivity index (χ0v) is 14.0. The van der Waals surface area contributed by atoms with Gasteiger partial charge in [0, 0.05) is 24.2 Å². The number of thiophene rings is 1. The van der Waals surface area contributed by atoms with Crippen molar-refractivity contribution in [1.29, 1.82) is 0 Å². The van der Waals surface area contributed by atoms with Crippen molar-refractivity contribution < 1.29 is 5.11 Å². The second-order valence-corrected chi connectivity index (χ2v) is 7.23. The Balaban J connectivity index is 1.52. The highest BCUT2D eigenvalue weighted by Gasteiger charge is 2.08. The van der Waals surface area contributed by atoms with Crippen molar-refractivity contribution in [3.8, 4) is 9.88 Å². The van der Waals surface area contributed by atoms with Gasteiger partial charge in [0.05, 0.1) is 11.0 Å². The number of nitrogens with one attached hydrogen (secondary N) is 1. The Hall–Kier alpha value is -1.53. The average Bonchev–Trinajstić information content (AvgIpc) is 3.19. The molecular weight excluding hydrogens is 312 g/mol. The van der Waals surface area contributed by atoms with Gasteiger partial charge in [0.25, 0.3) is 0 Å². The molecule has 0 bridgehead atoms. The lowest BCUT2D eigenvalue weighted by Gasteiger charge is -2.11. The third kappa shape index (κ3) is 3.81. The van der Waals surface area contributed by atoms with Gasteiger partial charge >= 0.3 is 0 Å². The molecule has 0 amide bonds. The minimum Gasteiger partial charge on any atom is -0.387 e. The highest BCUT2D eigenvalue weighted by atomic mass is 32.1. The molecule has 0 aliphatic rings. The zero-order chi connectivity index (χ0) is 15.4. The van der Waals surface area contributed by atoms with Crippen LogP contribution in [0.5, 0.6) is 0 Å². The molecule has 0 fully saturated rings. The Labute approximate surface area is 138 Å². The van der Waals surface area contributed by atoms with Gasteiger partial charge in [-0.1, -0.05) is 35.9 Å². The second-order valence-electron chi connectivity index (χ2n) is 5.17. The molecule has 22 heavy (non-hydrogen) atoms. The molecule has 3 nitrogen and oxygen atoms in total. The van der Waals surface area contributed by atoms with Crippen LogP contribution in [0.15, 0.2) is 48.0 Å². The fourth-order valence-corrected chi connectivity index (χ4v) is 3.83. The van der Waals surface area contributed by atoms with E-state index >= 15 is 0 Å². The molecule has 0 saturated carbocycles. The largest absolute Gasteiger partial charge is 0.387 e. The zero-order valence-electron chi connectivity index (χ0n) is 12.3. The molecule has 1 aromatic carbocycles. The number of aliphatic hydroxyl groups excluding tert-OH is 1. The van der Waals surface area contributed by atoms with E-state index in [9.17, 15) is 5.11 Å². The summed E-state index contributed by atoms with van der Waals surface area (Å²) in [5.41, 5.74) is 2.15. The molecule has 0 aliphatic heterocycles. The lowest BCUT2D eigenvalue weighted by molar-refractivity contribution is 0.174. The SMILES string of the molecule is Cc1ccc(C(O)CNCc2cnc(-c3cccs3)s2)cc1. The molecule has 3 rings (SSSR count). The first-order valence-electron chi connectivity index (χ1n) is 7.16. The lowest BCUT2D eigenvalue weighted by Crippen LogP contribution is -2.20. The lowest BCUT2D eigenvalue weighted by atomic mass is 10.1. The molecular formula is C17H18N2OS2. The molecule has 3 aromatic rings. The number of hydrogen-bond acceptors (Lipinski definition) is 5. The maximum Gasteiger partial charge on any atom is 0.133 e. The predicted molar refractivity (Wildman–Crippen MR) is 93.3 cm³/mol. The standard InChI is InChI=1S/C17H18N2OS2/c1-12-4-6-13(7-5-12)15(20)11-18-9-14-10-19-17(22-14)16-3-2-8-21-16/h2-8,10,15,18,20H,9,11H2,1H3. The minimum atomic E-state index is -0.481. The highest BCUT2D eigenvalue weighted by Crippen LogP contribution is 2.28. The third-order valence-corrected chi connectivity index (χ3v) is 5.42. The van der Waals surface area contributed by atoms with Crippen molar-refractivity contribution in [3.63, 3.8) is 0 Å². The van der Waals surface area contributed by atoms with E-state index in [1.165, 1.54) is 15.3 Å².